The predicted octanol–water partition coefficient (Wildman–Crippen LogP) is 12.7. The molecule has 1 amide bonds. The van der Waals surface area contributed by atoms with Gasteiger partial charge in [0.2, 0.25) is 11.0 Å². The summed E-state index contributed by atoms with van der Waals surface area (Å²) in [5.41, 5.74) is 14.8. The number of methoxy groups -OCH3 is 2. The first-order valence-electron chi connectivity index (χ1n) is 35.7. The molecule has 0 atom stereocenters. The molecule has 5 heterocycles. The molecule has 7 aromatic carbocycles. The molecular formula is C87H99N14O7S2+3. The van der Waals surface area contributed by atoms with Gasteiger partial charge in [-0.3, -0.25) is 14.4 Å². The highest BCUT2D eigenvalue weighted by molar-refractivity contribution is 8.04. The molecule has 0 bridgehead atoms. The van der Waals surface area contributed by atoms with E-state index in [0.29, 0.717) is 46.1 Å². The Morgan fingerprint density at radius 1 is 0.527 bits per heavy atom. The average molecular weight is 1520 g/mol. The third-order valence-corrected chi connectivity index (χ3v) is 20.0. The molecule has 3 aromatic heterocycles. The molecule has 0 radical (unpaired) electrons. The summed E-state index contributed by atoms with van der Waals surface area (Å²) in [7, 11) is 17.4. The number of hydrogen-bond acceptors (Lipinski definition) is 19. The number of para-hydroxylation sites is 4. The van der Waals surface area contributed by atoms with Gasteiger partial charge in [0.05, 0.1) is 64.2 Å². The zero-order valence-electron chi connectivity index (χ0n) is 64.2. The van der Waals surface area contributed by atoms with Gasteiger partial charge in [0.1, 0.15) is 38.4 Å². The number of allylic oxidation sites excluding steroid dienone is 1. The monoisotopic (exact) mass is 1520 g/mol. The molecule has 7 N–H and O–H groups in total. The van der Waals surface area contributed by atoms with Gasteiger partial charge < -0.3 is 49.0 Å². The fraction of sp³-hybridized carbons (Fsp3) is 0.230. The summed E-state index contributed by atoms with van der Waals surface area (Å²) < 4.78 is 16.5. The number of anilines is 5. The van der Waals surface area contributed by atoms with E-state index in [9.17, 15) is 9.59 Å². The third kappa shape index (κ3) is 24.9. The normalized spacial score (nSPS) is 12.8. The van der Waals surface area contributed by atoms with Gasteiger partial charge in [-0.1, -0.05) is 121 Å². The summed E-state index contributed by atoms with van der Waals surface area (Å²) in [6.07, 6.45) is 20.2. The average Bonchev–Trinajstić information content (AvgIpc) is 1.61. The fourth-order valence-corrected chi connectivity index (χ4v) is 13.7. The lowest BCUT2D eigenvalue weighted by molar-refractivity contribution is -0.673. The summed E-state index contributed by atoms with van der Waals surface area (Å²) in [5, 5.41) is 25.5. The first-order chi connectivity index (χ1) is 53.4. The van der Waals surface area contributed by atoms with Crippen molar-refractivity contribution in [3.63, 3.8) is 0 Å². The fourth-order valence-electron chi connectivity index (χ4n) is 11.4. The van der Waals surface area contributed by atoms with Crippen LogP contribution in [0.1, 0.15) is 40.3 Å². The SMILES string of the molecule is CC(=O)/C(C#N)=C/c1ccc(N(C)CCON)cc1.CN(CCON)c1ccc(/C=C/c2cc[n+](C)cc2)cc1.CN1/C(=C/c2cc[n+](CCON)c3ccccc23)Sc2ccccc21.COCCN1/C(=C/c2cc[n+](C)c3ccccc23)Sc2ccccc21.COCCNC(=O)/C(C#N)=C/c1ccc(N(C)C)cc1. The van der Waals surface area contributed by atoms with E-state index in [-0.39, 0.29) is 22.8 Å². The van der Waals surface area contributed by atoms with E-state index in [2.05, 4.69) is 235 Å². The molecule has 2 aliphatic rings. The number of benzene rings is 7. The van der Waals surface area contributed by atoms with Crippen LogP contribution in [0.4, 0.5) is 28.4 Å². The van der Waals surface area contributed by atoms with Crippen LogP contribution in [-0.4, -0.2) is 120 Å². The highest BCUT2D eigenvalue weighted by atomic mass is 32.2. The maximum atomic E-state index is 11.8. The van der Waals surface area contributed by atoms with E-state index in [1.165, 1.54) is 82.2 Å². The van der Waals surface area contributed by atoms with E-state index in [1.54, 1.807) is 26.4 Å². The molecule has 2 aliphatic heterocycles. The Morgan fingerprint density at radius 2 is 1.00 bits per heavy atom. The lowest BCUT2D eigenvalue weighted by atomic mass is 10.1. The highest BCUT2D eigenvalue weighted by Gasteiger charge is 2.26. The van der Waals surface area contributed by atoms with E-state index in [4.69, 9.17) is 42.5 Å². The highest BCUT2D eigenvalue weighted by Crippen LogP contribution is 2.47. The molecule has 110 heavy (non-hydrogen) atoms. The van der Waals surface area contributed by atoms with Gasteiger partial charge in [-0.2, -0.15) is 15.1 Å². The second-order valence-electron chi connectivity index (χ2n) is 25.6. The molecule has 0 unspecified atom stereocenters. The number of ether oxygens (including phenoxy) is 2. The van der Waals surface area contributed by atoms with Crippen molar-refractivity contribution in [1.82, 2.24) is 5.32 Å². The Kier molecular flexibility index (Phi) is 33.9. The smallest absolute Gasteiger partial charge is 0.262 e. The van der Waals surface area contributed by atoms with Crippen molar-refractivity contribution in [2.24, 2.45) is 31.8 Å². The van der Waals surface area contributed by atoms with Crippen molar-refractivity contribution in [2.45, 2.75) is 23.3 Å². The Balaban J connectivity index is 0.000000174. The minimum atomic E-state index is -0.388. The Labute approximate surface area is 655 Å². The van der Waals surface area contributed by atoms with E-state index < -0.39 is 0 Å². The van der Waals surface area contributed by atoms with Gasteiger partial charge in [0.15, 0.2) is 37.1 Å². The number of amides is 1. The number of nitrogens with one attached hydrogen (secondary N) is 1. The van der Waals surface area contributed by atoms with Gasteiger partial charge in [-0.25, -0.2) is 26.8 Å². The quantitative estimate of drug-likeness (QED) is 0.0129. The summed E-state index contributed by atoms with van der Waals surface area (Å²) in [6.45, 7) is 7.37. The number of fused-ring (bicyclic) bond motifs is 4. The van der Waals surface area contributed by atoms with Crippen LogP contribution in [0.3, 0.4) is 0 Å². The number of ketones is 1. The lowest BCUT2D eigenvalue weighted by Gasteiger charge is -2.20. The number of thioether (sulfide) groups is 2. The van der Waals surface area contributed by atoms with Crippen molar-refractivity contribution in [2.75, 3.05) is 133 Å². The standard InChI is InChI=1S/C21H21N2OS.C20H20N3OS.C17H22N3O.C15H19N3O2.C14H17N3O2/c1-22-12-11-16(17-7-3-4-8-18(17)22)15-21-23(13-14-24-2)19-9-5-6-10-20(19)25-21;1-22-18-8-4-5-9-19(18)25-20(22)14-15-10-11-23(12-13-24-21)17-7-3-2-6-16(15)17;1-19-11-9-16(10-12-19)4-3-15-5-7-17(8-6-15)20(2)13-14-21-18;1-18(2)14-6-4-12(5-7-14)10-13(11-16)15(19)17-8-9-20-3;1-11(18)13(10-15)9-12-3-5-14(6-4-12)17(2)7-8-19-16/h3-12,15H,13-14H2,1-2H3;2-11,14H,12-13,21H2,1H3;3-12H,13-14,18H2,1-2H3;4-7,10H,8-9H2,1-3H3,(H,17,19);3-6,9H,7-8,16H2,1-2H3/q3*+1;;/b;;;13-10+;13-9+. The second kappa shape index (κ2) is 44.2. The molecule has 10 aromatic rings. The molecule has 568 valence electrons. The number of carbonyl (C=O) groups is 2. The molecule has 0 saturated carbocycles. The second-order valence-corrected chi connectivity index (χ2v) is 27.7. The number of nitrogens with zero attached hydrogens (tertiary/aromatic N) is 10. The lowest BCUT2D eigenvalue weighted by Crippen LogP contribution is -2.37. The van der Waals surface area contributed by atoms with Crippen molar-refractivity contribution in [3.8, 4) is 12.1 Å². The largest absolute Gasteiger partial charge is 0.383 e. The van der Waals surface area contributed by atoms with Crippen LogP contribution < -0.4 is 61.2 Å². The van der Waals surface area contributed by atoms with Crippen LogP contribution in [0.25, 0.3) is 58.3 Å². The number of likely N-dealkylation sites (N-methyl/N-ethyl adjacent to an activating group) is 2. The zero-order valence-corrected chi connectivity index (χ0v) is 65.8. The molecule has 23 heteroatoms. The number of hydrogen-bond donors (Lipinski definition) is 4. The predicted molar refractivity (Wildman–Crippen MR) is 447 cm³/mol. The number of pyridine rings is 3. The summed E-state index contributed by atoms with van der Waals surface area (Å²) in [6, 6.07) is 69.9. The maximum absolute atomic E-state index is 11.8. The van der Waals surface area contributed by atoms with Crippen LogP contribution in [0, 0.1) is 22.7 Å². The number of nitriles is 2. The van der Waals surface area contributed by atoms with Crippen LogP contribution in [0.5, 0.6) is 0 Å². The van der Waals surface area contributed by atoms with Gasteiger partial charge in [0.25, 0.3) is 5.91 Å². The minimum absolute atomic E-state index is 0.0821. The summed E-state index contributed by atoms with van der Waals surface area (Å²) >= 11 is 3.64. The molecular weight excluding hydrogens is 1420 g/mol. The summed E-state index contributed by atoms with van der Waals surface area (Å²) in [4.78, 5) is 50.1. The molecule has 0 aliphatic carbocycles. The van der Waals surface area contributed by atoms with Gasteiger partial charge in [-0.15, -0.1) is 0 Å². The van der Waals surface area contributed by atoms with Gasteiger partial charge >= 0.3 is 0 Å². The number of carbonyl (C=O) groups excluding carboxylic acids is 2. The Hall–Kier alpha value is -11.3. The minimum Gasteiger partial charge on any atom is -0.383 e. The van der Waals surface area contributed by atoms with Crippen molar-refractivity contribution < 1.29 is 47.3 Å². The van der Waals surface area contributed by atoms with Gasteiger partial charge in [-0.05, 0) is 137 Å². The van der Waals surface area contributed by atoms with Crippen molar-refractivity contribution in [1.29, 1.82) is 10.5 Å². The van der Waals surface area contributed by atoms with Crippen LogP contribution >= 0.6 is 23.5 Å². The first kappa shape index (κ1) is 84.3. The van der Waals surface area contributed by atoms with Crippen molar-refractivity contribution in [3.05, 3.63) is 273 Å². The maximum Gasteiger partial charge on any atom is 0.262 e. The third-order valence-electron chi connectivity index (χ3n) is 17.7. The van der Waals surface area contributed by atoms with Crippen molar-refractivity contribution >= 4 is 122 Å². The van der Waals surface area contributed by atoms with Crippen LogP contribution in [-0.2, 0) is 54.2 Å². The van der Waals surface area contributed by atoms with E-state index in [1.807, 2.05) is 146 Å². The molecule has 12 rings (SSSR count). The van der Waals surface area contributed by atoms with Crippen LogP contribution in [0.2, 0.25) is 0 Å². The molecule has 21 nitrogen and oxygen atoms in total. The number of Topliss-reactive ketones (excluding diaryl/α,β-unsaturated/α-hetero) is 1. The topological polar surface area (TPSA) is 246 Å². The van der Waals surface area contributed by atoms with E-state index in [0.717, 1.165) is 47.8 Å². The number of rotatable bonds is 26. The van der Waals surface area contributed by atoms with E-state index >= 15 is 0 Å². The Morgan fingerprint density at radius 3 is 1.55 bits per heavy atom. The first-order valence-corrected chi connectivity index (χ1v) is 37.3. The van der Waals surface area contributed by atoms with Crippen LogP contribution in [0.15, 0.2) is 250 Å². The summed E-state index contributed by atoms with van der Waals surface area (Å²) in [5.74, 6) is 14.6. The number of aryl methyl sites for hydroxylation is 2. The molecule has 0 fully saturated rings. The Bertz CT molecular complexity index is 4910. The van der Waals surface area contributed by atoms with Gasteiger partial charge in [0, 0.05) is 139 Å². The number of nitrogens with two attached hydrogens (primary N) is 3. The number of aromatic nitrogens is 3. The molecule has 0 saturated heterocycles. The molecule has 0 spiro atoms. The zero-order chi connectivity index (χ0) is 78.7.